The molecular weight excluding hydrogens is 227 g/mol. The molecule has 2 rings (SSSR count). The van der Waals surface area contributed by atoms with Crippen LogP contribution >= 0.6 is 0 Å². The Bertz CT molecular complexity index is 401. The number of rotatable bonds is 4. The highest BCUT2D eigenvalue weighted by Gasteiger charge is 2.39. The topological polar surface area (TPSA) is 29.3 Å². The highest BCUT2D eigenvalue weighted by Crippen LogP contribution is 2.35. The minimum absolute atomic E-state index is 0.154. The zero-order chi connectivity index (χ0) is 13.2. The maximum Gasteiger partial charge on any atom is 0.128 e. The Morgan fingerprint density at radius 1 is 1.33 bits per heavy atom. The van der Waals surface area contributed by atoms with Crippen molar-refractivity contribution in [2.75, 3.05) is 13.1 Å². The minimum atomic E-state index is -0.276. The third-order valence-corrected chi connectivity index (χ3v) is 4.45. The standard InChI is InChI=1S/C15H23FN2/c1-3-15(2,18-10-6-7-11-18)14(17)12-8-4-5-9-13(12)16/h4-5,8-9,14H,3,6-7,10-11,17H2,1-2H3. The lowest BCUT2D eigenvalue weighted by atomic mass is 9.83. The molecule has 0 amide bonds. The van der Waals surface area contributed by atoms with Crippen LogP contribution in [0, 0.1) is 5.82 Å². The van der Waals surface area contributed by atoms with Crippen molar-refractivity contribution in [2.45, 2.75) is 44.7 Å². The maximum atomic E-state index is 13.9. The summed E-state index contributed by atoms with van der Waals surface area (Å²) in [5.41, 5.74) is 6.86. The van der Waals surface area contributed by atoms with Crippen LogP contribution in [-0.4, -0.2) is 23.5 Å². The zero-order valence-corrected chi connectivity index (χ0v) is 11.3. The van der Waals surface area contributed by atoms with Crippen LogP contribution in [0.2, 0.25) is 0 Å². The van der Waals surface area contributed by atoms with Crippen molar-refractivity contribution in [2.24, 2.45) is 5.73 Å². The fourth-order valence-corrected chi connectivity index (χ4v) is 2.93. The SMILES string of the molecule is CCC(C)(C(N)c1ccccc1F)N1CCCC1. The van der Waals surface area contributed by atoms with E-state index in [9.17, 15) is 4.39 Å². The third kappa shape index (κ3) is 2.29. The molecule has 2 atom stereocenters. The summed E-state index contributed by atoms with van der Waals surface area (Å²) in [6.45, 7) is 6.45. The highest BCUT2D eigenvalue weighted by atomic mass is 19.1. The van der Waals surface area contributed by atoms with E-state index >= 15 is 0 Å². The average molecular weight is 250 g/mol. The smallest absolute Gasteiger partial charge is 0.128 e. The van der Waals surface area contributed by atoms with Crippen molar-refractivity contribution >= 4 is 0 Å². The molecular formula is C15H23FN2. The van der Waals surface area contributed by atoms with Crippen LogP contribution in [0.4, 0.5) is 4.39 Å². The Hall–Kier alpha value is -0.930. The lowest BCUT2D eigenvalue weighted by Gasteiger charge is -2.43. The number of benzene rings is 1. The summed E-state index contributed by atoms with van der Waals surface area (Å²) < 4.78 is 13.9. The summed E-state index contributed by atoms with van der Waals surface area (Å²) in [6.07, 6.45) is 3.38. The van der Waals surface area contributed by atoms with E-state index in [2.05, 4.69) is 18.7 Å². The van der Waals surface area contributed by atoms with Crippen molar-refractivity contribution in [3.63, 3.8) is 0 Å². The normalized spacial score (nSPS) is 21.8. The molecule has 1 heterocycles. The number of hydrogen-bond acceptors (Lipinski definition) is 2. The van der Waals surface area contributed by atoms with Crippen LogP contribution in [0.3, 0.4) is 0 Å². The Kier molecular flexibility index (Phi) is 4.03. The van der Waals surface area contributed by atoms with Gasteiger partial charge in [0.25, 0.3) is 0 Å². The molecule has 1 aromatic carbocycles. The molecule has 2 unspecified atom stereocenters. The average Bonchev–Trinajstić information content (AvgIpc) is 2.92. The first-order valence-corrected chi connectivity index (χ1v) is 6.84. The Balaban J connectivity index is 2.29. The molecule has 0 bridgehead atoms. The Labute approximate surface area is 109 Å². The van der Waals surface area contributed by atoms with Crippen LogP contribution < -0.4 is 5.73 Å². The molecule has 2 nitrogen and oxygen atoms in total. The number of nitrogens with zero attached hydrogens (tertiary/aromatic N) is 1. The molecule has 0 radical (unpaired) electrons. The van der Waals surface area contributed by atoms with Gasteiger partial charge < -0.3 is 5.73 Å². The van der Waals surface area contributed by atoms with Gasteiger partial charge in [-0.1, -0.05) is 25.1 Å². The molecule has 1 aromatic rings. The number of likely N-dealkylation sites (tertiary alicyclic amines) is 1. The second-order valence-corrected chi connectivity index (χ2v) is 5.40. The van der Waals surface area contributed by atoms with Crippen LogP contribution in [-0.2, 0) is 0 Å². The fraction of sp³-hybridized carbons (Fsp3) is 0.600. The third-order valence-electron chi connectivity index (χ3n) is 4.45. The van der Waals surface area contributed by atoms with E-state index < -0.39 is 0 Å². The molecule has 0 spiro atoms. The van der Waals surface area contributed by atoms with Gasteiger partial charge in [-0.25, -0.2) is 4.39 Å². The second kappa shape index (κ2) is 5.37. The van der Waals surface area contributed by atoms with E-state index in [1.807, 2.05) is 12.1 Å². The van der Waals surface area contributed by atoms with Crippen molar-refractivity contribution in [1.29, 1.82) is 0 Å². The van der Waals surface area contributed by atoms with Crippen molar-refractivity contribution in [3.8, 4) is 0 Å². The van der Waals surface area contributed by atoms with E-state index in [1.54, 1.807) is 6.07 Å². The molecule has 1 saturated heterocycles. The summed E-state index contributed by atoms with van der Waals surface area (Å²) in [5, 5.41) is 0. The monoisotopic (exact) mass is 250 g/mol. The van der Waals surface area contributed by atoms with Gasteiger partial charge in [0.1, 0.15) is 5.82 Å². The molecule has 3 heteroatoms. The molecule has 0 aliphatic carbocycles. The van der Waals surface area contributed by atoms with Crippen LogP contribution in [0.5, 0.6) is 0 Å². The Morgan fingerprint density at radius 3 is 2.50 bits per heavy atom. The molecule has 1 fully saturated rings. The zero-order valence-electron chi connectivity index (χ0n) is 11.3. The van der Waals surface area contributed by atoms with Crippen LogP contribution in [0.25, 0.3) is 0 Å². The first-order chi connectivity index (χ1) is 8.59. The summed E-state index contributed by atoms with van der Waals surface area (Å²) in [6, 6.07) is 6.60. The van der Waals surface area contributed by atoms with Gasteiger partial charge in [0.15, 0.2) is 0 Å². The van der Waals surface area contributed by atoms with Crippen molar-refractivity contribution in [3.05, 3.63) is 35.6 Å². The van der Waals surface area contributed by atoms with Gasteiger partial charge in [-0.2, -0.15) is 0 Å². The van der Waals surface area contributed by atoms with Crippen molar-refractivity contribution in [1.82, 2.24) is 4.90 Å². The quantitative estimate of drug-likeness (QED) is 0.889. The number of hydrogen-bond donors (Lipinski definition) is 1. The van der Waals surface area contributed by atoms with Crippen molar-refractivity contribution < 1.29 is 4.39 Å². The van der Waals surface area contributed by atoms with Crippen LogP contribution in [0.1, 0.15) is 44.7 Å². The van der Waals surface area contributed by atoms with E-state index in [0.717, 1.165) is 19.5 Å². The van der Waals surface area contributed by atoms with Gasteiger partial charge in [0.2, 0.25) is 0 Å². The van der Waals surface area contributed by atoms with Gasteiger partial charge in [0, 0.05) is 11.1 Å². The number of nitrogens with two attached hydrogens (primary N) is 1. The van der Waals surface area contributed by atoms with E-state index in [1.165, 1.54) is 18.9 Å². The fourth-order valence-electron chi connectivity index (χ4n) is 2.93. The first-order valence-electron chi connectivity index (χ1n) is 6.84. The summed E-state index contributed by atoms with van der Waals surface area (Å²) in [4.78, 5) is 2.42. The molecule has 0 saturated carbocycles. The molecule has 2 N–H and O–H groups in total. The maximum absolute atomic E-state index is 13.9. The lowest BCUT2D eigenvalue weighted by molar-refractivity contribution is 0.0986. The molecule has 100 valence electrons. The molecule has 1 aliphatic rings. The second-order valence-electron chi connectivity index (χ2n) is 5.40. The van der Waals surface area contributed by atoms with Gasteiger partial charge in [-0.3, -0.25) is 4.90 Å². The van der Waals surface area contributed by atoms with Crippen LogP contribution in [0.15, 0.2) is 24.3 Å². The minimum Gasteiger partial charge on any atom is -0.322 e. The summed E-state index contributed by atoms with van der Waals surface area (Å²) in [5.74, 6) is -0.191. The van der Waals surface area contributed by atoms with Gasteiger partial charge >= 0.3 is 0 Å². The van der Waals surface area contributed by atoms with Gasteiger partial charge in [-0.15, -0.1) is 0 Å². The summed E-state index contributed by atoms with van der Waals surface area (Å²) >= 11 is 0. The Morgan fingerprint density at radius 2 is 1.94 bits per heavy atom. The van der Waals surface area contributed by atoms with Gasteiger partial charge in [-0.05, 0) is 45.3 Å². The first kappa shape index (κ1) is 13.5. The van der Waals surface area contributed by atoms with E-state index in [4.69, 9.17) is 5.73 Å². The molecule has 1 aliphatic heterocycles. The molecule has 18 heavy (non-hydrogen) atoms. The lowest BCUT2D eigenvalue weighted by Crippen LogP contribution is -2.52. The highest BCUT2D eigenvalue weighted by molar-refractivity contribution is 5.24. The summed E-state index contributed by atoms with van der Waals surface area (Å²) in [7, 11) is 0. The van der Waals surface area contributed by atoms with E-state index in [0.29, 0.717) is 5.56 Å². The number of halogens is 1. The van der Waals surface area contributed by atoms with E-state index in [-0.39, 0.29) is 17.4 Å². The largest absolute Gasteiger partial charge is 0.322 e. The van der Waals surface area contributed by atoms with Gasteiger partial charge in [0.05, 0.1) is 6.04 Å². The predicted octanol–water partition coefficient (Wildman–Crippen LogP) is 3.09. The predicted molar refractivity (Wildman–Crippen MR) is 72.8 cm³/mol. The molecule has 0 aromatic heterocycles.